The SMILES string of the molecule is CCN(CCNC(=NC)Nc1ccc2c(c1)OCCCO2)C(=O)OC(C)(C)C.I. The van der Waals surface area contributed by atoms with Crippen LogP contribution in [0.4, 0.5) is 10.5 Å². The first-order chi connectivity index (χ1) is 13.3. The van der Waals surface area contributed by atoms with Crippen LogP contribution in [-0.2, 0) is 4.74 Å². The molecule has 1 aliphatic rings. The van der Waals surface area contributed by atoms with Gasteiger partial charge in [-0.2, -0.15) is 0 Å². The molecule has 0 radical (unpaired) electrons. The molecule has 0 saturated carbocycles. The number of benzene rings is 1. The van der Waals surface area contributed by atoms with Crippen molar-refractivity contribution in [3.8, 4) is 11.5 Å². The summed E-state index contributed by atoms with van der Waals surface area (Å²) in [7, 11) is 1.70. The fourth-order valence-corrected chi connectivity index (χ4v) is 2.57. The standard InChI is InChI=1S/C20H32N4O4.HI/c1-6-24(19(25)28-20(2,3)4)11-10-22-18(21-5)23-15-8-9-16-17(14-15)27-13-7-12-26-16;/h8-9,14H,6-7,10-13H2,1-5H3,(H2,21,22,23);1H. The predicted octanol–water partition coefficient (Wildman–Crippen LogP) is 3.71. The van der Waals surface area contributed by atoms with E-state index < -0.39 is 5.60 Å². The van der Waals surface area contributed by atoms with Crippen molar-refractivity contribution < 1.29 is 19.0 Å². The fraction of sp³-hybridized carbons (Fsp3) is 0.600. The largest absolute Gasteiger partial charge is 0.490 e. The second-order valence-corrected chi connectivity index (χ2v) is 7.40. The molecule has 0 saturated heterocycles. The van der Waals surface area contributed by atoms with Gasteiger partial charge in [0.15, 0.2) is 17.5 Å². The summed E-state index contributed by atoms with van der Waals surface area (Å²) in [6.45, 7) is 10.4. The average Bonchev–Trinajstić information content (AvgIpc) is 2.87. The van der Waals surface area contributed by atoms with Crippen molar-refractivity contribution in [1.29, 1.82) is 0 Å². The second-order valence-electron chi connectivity index (χ2n) is 7.40. The number of carbonyl (C=O) groups excluding carboxylic acids is 1. The molecule has 2 rings (SSSR count). The van der Waals surface area contributed by atoms with Crippen LogP contribution in [0.5, 0.6) is 11.5 Å². The van der Waals surface area contributed by atoms with Gasteiger partial charge in [-0.15, -0.1) is 24.0 Å². The van der Waals surface area contributed by atoms with E-state index in [1.54, 1.807) is 11.9 Å². The topological polar surface area (TPSA) is 84.4 Å². The Balaban J connectivity index is 0.00000420. The van der Waals surface area contributed by atoms with Crippen LogP contribution in [-0.4, -0.2) is 62.4 Å². The van der Waals surface area contributed by atoms with Crippen LogP contribution in [0.15, 0.2) is 23.2 Å². The van der Waals surface area contributed by atoms with Crippen molar-refractivity contribution in [2.75, 3.05) is 45.2 Å². The highest BCUT2D eigenvalue weighted by molar-refractivity contribution is 14.0. The Morgan fingerprint density at radius 3 is 2.55 bits per heavy atom. The van der Waals surface area contributed by atoms with E-state index in [4.69, 9.17) is 14.2 Å². The zero-order valence-electron chi connectivity index (χ0n) is 17.9. The maximum Gasteiger partial charge on any atom is 0.410 e. The molecule has 0 unspecified atom stereocenters. The number of halogens is 1. The van der Waals surface area contributed by atoms with E-state index >= 15 is 0 Å². The summed E-state index contributed by atoms with van der Waals surface area (Å²) in [5, 5.41) is 6.44. The van der Waals surface area contributed by atoms with Gasteiger partial charge < -0.3 is 29.7 Å². The maximum atomic E-state index is 12.2. The lowest BCUT2D eigenvalue weighted by atomic mass is 10.2. The van der Waals surface area contributed by atoms with Gasteiger partial charge >= 0.3 is 6.09 Å². The highest BCUT2D eigenvalue weighted by atomic mass is 127. The summed E-state index contributed by atoms with van der Waals surface area (Å²) in [5.74, 6) is 2.08. The molecule has 0 aliphatic carbocycles. The Kier molecular flexibility index (Phi) is 10.3. The molecule has 2 N–H and O–H groups in total. The summed E-state index contributed by atoms with van der Waals surface area (Å²) in [4.78, 5) is 18.1. The Bertz CT molecular complexity index is 692. The van der Waals surface area contributed by atoms with Crippen LogP contribution in [0.1, 0.15) is 34.1 Å². The molecule has 164 valence electrons. The zero-order valence-corrected chi connectivity index (χ0v) is 20.2. The van der Waals surface area contributed by atoms with Crippen molar-refractivity contribution in [1.82, 2.24) is 10.2 Å². The predicted molar refractivity (Wildman–Crippen MR) is 126 cm³/mol. The van der Waals surface area contributed by atoms with Crippen LogP contribution in [0, 0.1) is 0 Å². The summed E-state index contributed by atoms with van der Waals surface area (Å²) in [6, 6.07) is 5.70. The third-order valence-electron chi connectivity index (χ3n) is 3.94. The number of carbonyl (C=O) groups is 1. The quantitative estimate of drug-likeness (QED) is 0.350. The molecule has 29 heavy (non-hydrogen) atoms. The van der Waals surface area contributed by atoms with Gasteiger partial charge in [0.2, 0.25) is 0 Å². The van der Waals surface area contributed by atoms with Gasteiger partial charge in [-0.25, -0.2) is 4.79 Å². The van der Waals surface area contributed by atoms with E-state index in [9.17, 15) is 4.79 Å². The van der Waals surface area contributed by atoms with E-state index in [0.29, 0.717) is 38.8 Å². The lowest BCUT2D eigenvalue weighted by Crippen LogP contribution is -2.42. The first-order valence-corrected chi connectivity index (χ1v) is 9.67. The molecule has 0 fully saturated rings. The number of rotatable bonds is 5. The van der Waals surface area contributed by atoms with E-state index in [2.05, 4.69) is 15.6 Å². The van der Waals surface area contributed by atoms with Crippen molar-refractivity contribution in [3.05, 3.63) is 18.2 Å². The Hall–Kier alpha value is -1.91. The van der Waals surface area contributed by atoms with Gasteiger partial charge in [0.25, 0.3) is 0 Å². The van der Waals surface area contributed by atoms with Crippen molar-refractivity contribution in [2.24, 2.45) is 4.99 Å². The first kappa shape index (κ1) is 25.1. The summed E-state index contributed by atoms with van der Waals surface area (Å²) < 4.78 is 16.8. The van der Waals surface area contributed by atoms with Crippen LogP contribution < -0.4 is 20.1 Å². The van der Waals surface area contributed by atoms with E-state index in [0.717, 1.165) is 23.6 Å². The Morgan fingerprint density at radius 1 is 1.24 bits per heavy atom. The molecule has 8 nitrogen and oxygen atoms in total. The molecule has 1 heterocycles. The smallest absolute Gasteiger partial charge is 0.410 e. The number of nitrogens with zero attached hydrogens (tertiary/aromatic N) is 2. The number of hydrogen-bond acceptors (Lipinski definition) is 5. The molecule has 9 heteroatoms. The number of hydrogen-bond donors (Lipinski definition) is 2. The lowest BCUT2D eigenvalue weighted by Gasteiger charge is -2.26. The van der Waals surface area contributed by atoms with Crippen LogP contribution in [0.25, 0.3) is 0 Å². The molecular formula is C20H33IN4O4. The van der Waals surface area contributed by atoms with Gasteiger partial charge in [0.05, 0.1) is 13.2 Å². The molecule has 0 bridgehead atoms. The summed E-state index contributed by atoms with van der Waals surface area (Å²) >= 11 is 0. The average molecular weight is 520 g/mol. The molecule has 1 aromatic carbocycles. The third kappa shape index (κ3) is 8.55. The first-order valence-electron chi connectivity index (χ1n) is 9.67. The molecule has 0 aromatic heterocycles. The molecular weight excluding hydrogens is 487 g/mol. The van der Waals surface area contributed by atoms with E-state index in [-0.39, 0.29) is 30.1 Å². The fourth-order valence-electron chi connectivity index (χ4n) is 2.57. The van der Waals surface area contributed by atoms with Gasteiger partial charge in [0, 0.05) is 44.9 Å². The minimum atomic E-state index is -0.507. The zero-order chi connectivity index (χ0) is 20.6. The number of guanidine groups is 1. The van der Waals surface area contributed by atoms with E-state index in [1.807, 2.05) is 45.9 Å². The van der Waals surface area contributed by atoms with Gasteiger partial charge in [-0.3, -0.25) is 4.99 Å². The molecule has 1 amide bonds. The van der Waals surface area contributed by atoms with Gasteiger partial charge in [-0.05, 0) is 39.8 Å². The van der Waals surface area contributed by atoms with Crippen LogP contribution >= 0.6 is 24.0 Å². The Morgan fingerprint density at radius 2 is 1.93 bits per heavy atom. The van der Waals surface area contributed by atoms with Crippen molar-refractivity contribution >= 4 is 41.7 Å². The normalized spacial score (nSPS) is 13.6. The van der Waals surface area contributed by atoms with Crippen LogP contribution in [0.3, 0.4) is 0 Å². The molecule has 0 atom stereocenters. The molecule has 0 spiro atoms. The number of likely N-dealkylation sites (N-methyl/N-ethyl adjacent to an activating group) is 1. The molecule has 1 aromatic rings. The number of anilines is 1. The van der Waals surface area contributed by atoms with Crippen molar-refractivity contribution in [2.45, 2.75) is 39.7 Å². The summed E-state index contributed by atoms with van der Waals surface area (Å²) in [6.07, 6.45) is 0.550. The minimum absolute atomic E-state index is 0. The number of amides is 1. The number of aliphatic imine (C=N–C) groups is 1. The maximum absolute atomic E-state index is 12.2. The lowest BCUT2D eigenvalue weighted by molar-refractivity contribution is 0.0264. The second kappa shape index (κ2) is 11.9. The minimum Gasteiger partial charge on any atom is -0.490 e. The van der Waals surface area contributed by atoms with Gasteiger partial charge in [0.1, 0.15) is 5.60 Å². The highest BCUT2D eigenvalue weighted by Crippen LogP contribution is 2.32. The highest BCUT2D eigenvalue weighted by Gasteiger charge is 2.20. The Labute approximate surface area is 190 Å². The van der Waals surface area contributed by atoms with E-state index in [1.165, 1.54) is 0 Å². The number of ether oxygens (including phenoxy) is 3. The third-order valence-corrected chi connectivity index (χ3v) is 3.94. The van der Waals surface area contributed by atoms with Gasteiger partial charge in [-0.1, -0.05) is 0 Å². The van der Waals surface area contributed by atoms with Crippen molar-refractivity contribution in [3.63, 3.8) is 0 Å². The molecule has 1 aliphatic heterocycles. The number of fused-ring (bicyclic) bond motifs is 1. The number of nitrogens with one attached hydrogen (secondary N) is 2. The van der Waals surface area contributed by atoms with Crippen LogP contribution in [0.2, 0.25) is 0 Å². The monoisotopic (exact) mass is 520 g/mol. The summed E-state index contributed by atoms with van der Waals surface area (Å²) in [5.41, 5.74) is 0.337.